The van der Waals surface area contributed by atoms with Crippen molar-refractivity contribution in [3.05, 3.63) is 46.8 Å². The molecule has 1 atom stereocenters. The maximum Gasteiger partial charge on any atom is 0.264 e. The predicted molar refractivity (Wildman–Crippen MR) is 77.3 cm³/mol. The lowest BCUT2D eigenvalue weighted by atomic mass is 10.1. The van der Waals surface area contributed by atoms with E-state index in [0.29, 0.717) is 11.4 Å². The van der Waals surface area contributed by atoms with Gasteiger partial charge in [0.05, 0.1) is 10.5 Å². The SMILES string of the molecule is CC(Br)C(=O)Nc1ccc(-c2ccc(=O)[nH]n2)cc1. The van der Waals surface area contributed by atoms with Gasteiger partial charge in [0.25, 0.3) is 5.56 Å². The van der Waals surface area contributed by atoms with E-state index in [9.17, 15) is 9.59 Å². The highest BCUT2D eigenvalue weighted by Crippen LogP contribution is 2.18. The van der Waals surface area contributed by atoms with Crippen molar-refractivity contribution in [3.8, 4) is 11.3 Å². The number of carbonyl (C=O) groups is 1. The number of rotatable bonds is 3. The average Bonchev–Trinajstić information content (AvgIpc) is 2.40. The fraction of sp³-hybridized carbons (Fsp3) is 0.154. The molecule has 1 amide bonds. The number of benzene rings is 1. The molecule has 2 N–H and O–H groups in total. The molecule has 5 nitrogen and oxygen atoms in total. The zero-order chi connectivity index (χ0) is 13.8. The van der Waals surface area contributed by atoms with E-state index in [-0.39, 0.29) is 16.3 Å². The molecule has 0 aliphatic rings. The molecule has 0 spiro atoms. The van der Waals surface area contributed by atoms with Crippen LogP contribution in [-0.4, -0.2) is 20.9 Å². The molecule has 1 aromatic heterocycles. The minimum atomic E-state index is -0.243. The molecule has 19 heavy (non-hydrogen) atoms. The minimum absolute atomic E-state index is 0.102. The van der Waals surface area contributed by atoms with Gasteiger partial charge in [-0.05, 0) is 25.1 Å². The van der Waals surface area contributed by atoms with E-state index < -0.39 is 0 Å². The summed E-state index contributed by atoms with van der Waals surface area (Å²) in [7, 11) is 0. The standard InChI is InChI=1S/C13H12BrN3O2/c1-8(14)13(19)15-10-4-2-9(3-5-10)11-6-7-12(18)17-16-11/h2-8H,1H3,(H,15,19)(H,17,18). The Balaban J connectivity index is 2.16. The van der Waals surface area contributed by atoms with Gasteiger partial charge in [-0.3, -0.25) is 9.59 Å². The minimum Gasteiger partial charge on any atom is -0.325 e. The molecule has 0 bridgehead atoms. The first kappa shape index (κ1) is 13.5. The highest BCUT2D eigenvalue weighted by atomic mass is 79.9. The number of nitrogens with zero attached hydrogens (tertiary/aromatic N) is 1. The number of anilines is 1. The van der Waals surface area contributed by atoms with E-state index in [1.54, 1.807) is 25.1 Å². The number of halogens is 1. The van der Waals surface area contributed by atoms with Gasteiger partial charge in [0.15, 0.2) is 0 Å². The van der Waals surface area contributed by atoms with E-state index in [1.165, 1.54) is 6.07 Å². The molecule has 0 aliphatic carbocycles. The number of alkyl halides is 1. The summed E-state index contributed by atoms with van der Waals surface area (Å²) < 4.78 is 0. The lowest BCUT2D eigenvalue weighted by Gasteiger charge is -2.07. The van der Waals surface area contributed by atoms with Crippen molar-refractivity contribution in [2.45, 2.75) is 11.8 Å². The number of aromatic amines is 1. The van der Waals surface area contributed by atoms with Crippen molar-refractivity contribution in [1.82, 2.24) is 10.2 Å². The Morgan fingerprint density at radius 1 is 1.26 bits per heavy atom. The summed E-state index contributed by atoms with van der Waals surface area (Å²) in [5, 5.41) is 9.08. The second-order valence-corrected chi connectivity index (χ2v) is 5.36. The first-order valence-corrected chi connectivity index (χ1v) is 6.59. The summed E-state index contributed by atoms with van der Waals surface area (Å²) in [6.07, 6.45) is 0. The smallest absolute Gasteiger partial charge is 0.264 e. The summed E-state index contributed by atoms with van der Waals surface area (Å²) in [6.45, 7) is 1.76. The van der Waals surface area contributed by atoms with Crippen LogP contribution in [0.4, 0.5) is 5.69 Å². The third-order valence-corrected chi connectivity index (χ3v) is 2.90. The Morgan fingerprint density at radius 2 is 1.95 bits per heavy atom. The third-order valence-electron chi connectivity index (χ3n) is 2.49. The second-order valence-electron chi connectivity index (χ2n) is 3.99. The van der Waals surface area contributed by atoms with Crippen LogP contribution in [0, 0.1) is 0 Å². The first-order chi connectivity index (χ1) is 9.06. The lowest BCUT2D eigenvalue weighted by Crippen LogP contribution is -2.19. The number of H-pyrrole nitrogens is 1. The van der Waals surface area contributed by atoms with Crippen molar-refractivity contribution in [3.63, 3.8) is 0 Å². The van der Waals surface area contributed by atoms with Crippen LogP contribution in [0.5, 0.6) is 0 Å². The zero-order valence-electron chi connectivity index (χ0n) is 10.2. The maximum absolute atomic E-state index is 11.5. The number of hydrogen-bond donors (Lipinski definition) is 2. The normalized spacial score (nSPS) is 11.9. The summed E-state index contributed by atoms with van der Waals surface area (Å²) in [6, 6.07) is 10.3. The number of amides is 1. The molecule has 0 fully saturated rings. The summed E-state index contributed by atoms with van der Waals surface area (Å²) in [5.74, 6) is -0.102. The van der Waals surface area contributed by atoms with Crippen molar-refractivity contribution >= 4 is 27.5 Å². The van der Waals surface area contributed by atoms with Crippen molar-refractivity contribution in [2.24, 2.45) is 0 Å². The van der Waals surface area contributed by atoms with E-state index in [0.717, 1.165) is 5.56 Å². The van der Waals surface area contributed by atoms with Gasteiger partial charge in [0, 0.05) is 17.3 Å². The quantitative estimate of drug-likeness (QED) is 0.851. The molecule has 0 radical (unpaired) electrons. The fourth-order valence-electron chi connectivity index (χ4n) is 1.47. The van der Waals surface area contributed by atoms with Gasteiger partial charge >= 0.3 is 0 Å². The first-order valence-electron chi connectivity index (χ1n) is 5.67. The molecule has 1 heterocycles. The molecular weight excluding hydrogens is 310 g/mol. The molecule has 6 heteroatoms. The van der Waals surface area contributed by atoms with Crippen LogP contribution in [0.1, 0.15) is 6.92 Å². The molecule has 0 aliphatic heterocycles. The van der Waals surface area contributed by atoms with Crippen LogP contribution < -0.4 is 10.9 Å². The third kappa shape index (κ3) is 3.51. The van der Waals surface area contributed by atoms with E-state index in [2.05, 4.69) is 31.4 Å². The van der Waals surface area contributed by atoms with Crippen LogP contribution >= 0.6 is 15.9 Å². The van der Waals surface area contributed by atoms with Gasteiger partial charge < -0.3 is 5.32 Å². The van der Waals surface area contributed by atoms with Crippen LogP contribution in [0.25, 0.3) is 11.3 Å². The van der Waals surface area contributed by atoms with Crippen LogP contribution in [0.2, 0.25) is 0 Å². The Hall–Kier alpha value is -1.95. The van der Waals surface area contributed by atoms with Gasteiger partial charge in [-0.1, -0.05) is 28.1 Å². The predicted octanol–water partition coefficient (Wildman–Crippen LogP) is 2.16. The highest BCUT2D eigenvalue weighted by Gasteiger charge is 2.08. The zero-order valence-corrected chi connectivity index (χ0v) is 11.8. The molecule has 0 saturated carbocycles. The van der Waals surface area contributed by atoms with E-state index in [1.807, 2.05) is 12.1 Å². The number of carbonyl (C=O) groups excluding carboxylic acids is 1. The second kappa shape index (κ2) is 5.79. The summed E-state index contributed by atoms with van der Waals surface area (Å²) in [4.78, 5) is 22.2. The Labute approximate surface area is 118 Å². The van der Waals surface area contributed by atoms with E-state index in [4.69, 9.17) is 0 Å². The molecule has 2 rings (SSSR count). The monoisotopic (exact) mass is 321 g/mol. The van der Waals surface area contributed by atoms with Crippen molar-refractivity contribution in [2.75, 3.05) is 5.32 Å². The molecule has 1 aromatic carbocycles. The van der Waals surface area contributed by atoms with Gasteiger partial charge in [0.2, 0.25) is 5.91 Å². The van der Waals surface area contributed by atoms with Crippen LogP contribution in [0.15, 0.2) is 41.2 Å². The number of hydrogen-bond acceptors (Lipinski definition) is 3. The molecule has 2 aromatic rings. The Bertz CT molecular complexity index is 615. The summed E-state index contributed by atoms with van der Waals surface area (Å²) >= 11 is 3.20. The van der Waals surface area contributed by atoms with Gasteiger partial charge in [-0.25, -0.2) is 5.10 Å². The van der Waals surface area contributed by atoms with Gasteiger partial charge in [-0.2, -0.15) is 5.10 Å². The average molecular weight is 322 g/mol. The molecule has 98 valence electrons. The largest absolute Gasteiger partial charge is 0.325 e. The van der Waals surface area contributed by atoms with Crippen LogP contribution in [0.3, 0.4) is 0 Å². The number of aromatic nitrogens is 2. The van der Waals surface area contributed by atoms with E-state index >= 15 is 0 Å². The molecule has 1 unspecified atom stereocenters. The Kier molecular flexibility index (Phi) is 4.11. The Morgan fingerprint density at radius 3 is 2.47 bits per heavy atom. The topological polar surface area (TPSA) is 74.8 Å². The summed E-state index contributed by atoms with van der Waals surface area (Å²) in [5.41, 5.74) is 2.01. The van der Waals surface area contributed by atoms with Gasteiger partial charge in [0.1, 0.15) is 0 Å². The van der Waals surface area contributed by atoms with Gasteiger partial charge in [-0.15, -0.1) is 0 Å². The molecule has 0 saturated heterocycles. The van der Waals surface area contributed by atoms with Crippen LogP contribution in [-0.2, 0) is 4.79 Å². The number of nitrogens with one attached hydrogen (secondary N) is 2. The van der Waals surface area contributed by atoms with Crippen molar-refractivity contribution in [1.29, 1.82) is 0 Å². The lowest BCUT2D eigenvalue weighted by molar-refractivity contribution is -0.115. The highest BCUT2D eigenvalue weighted by molar-refractivity contribution is 9.10. The fourth-order valence-corrected chi connectivity index (χ4v) is 1.59. The van der Waals surface area contributed by atoms with Crippen molar-refractivity contribution < 1.29 is 4.79 Å². The maximum atomic E-state index is 11.5. The molecular formula is C13H12BrN3O2.